The smallest absolute Gasteiger partial charge is 0.251 e. The van der Waals surface area contributed by atoms with Gasteiger partial charge in [-0.2, -0.15) is 0 Å². The summed E-state index contributed by atoms with van der Waals surface area (Å²) in [5, 5.41) is 3.02. The van der Waals surface area contributed by atoms with Gasteiger partial charge in [-0.1, -0.05) is 17.7 Å². The summed E-state index contributed by atoms with van der Waals surface area (Å²) < 4.78 is 13.0. The highest BCUT2D eigenvalue weighted by Crippen LogP contribution is 2.23. The summed E-state index contributed by atoms with van der Waals surface area (Å²) in [6, 6.07) is 14.2. The minimum atomic E-state index is -0.213. The molecule has 1 amide bonds. The van der Waals surface area contributed by atoms with Gasteiger partial charge < -0.3 is 10.2 Å². The largest absolute Gasteiger partial charge is 0.371 e. The number of rotatable bonds is 4. The number of hydrogen-bond acceptors (Lipinski definition) is 2. The molecule has 0 saturated carbocycles. The van der Waals surface area contributed by atoms with Crippen LogP contribution in [0.5, 0.6) is 0 Å². The summed E-state index contributed by atoms with van der Waals surface area (Å²) in [4.78, 5) is 14.4. The molecule has 1 N–H and O–H groups in total. The fraction of sp³-hybridized carbons (Fsp3) is 0.316. The highest BCUT2D eigenvalue weighted by atomic mass is 19.1. The molecule has 0 bridgehead atoms. The highest BCUT2D eigenvalue weighted by Gasteiger charge is 2.23. The molecule has 0 aliphatic carbocycles. The molecule has 120 valence electrons. The molecular weight excluding hydrogens is 291 g/mol. The Bertz CT molecular complexity index is 667. The number of carbonyl (C=O) groups excluding carboxylic acids is 1. The maximum absolute atomic E-state index is 13.0. The maximum Gasteiger partial charge on any atom is 0.251 e. The summed E-state index contributed by atoms with van der Waals surface area (Å²) in [5.41, 5.74) is 2.88. The zero-order chi connectivity index (χ0) is 16.2. The fourth-order valence-electron chi connectivity index (χ4n) is 2.93. The lowest BCUT2D eigenvalue weighted by Crippen LogP contribution is -2.31. The molecule has 1 saturated heterocycles. The second kappa shape index (κ2) is 6.82. The Balaban J connectivity index is 1.51. The van der Waals surface area contributed by atoms with Crippen LogP contribution in [0.4, 0.5) is 10.1 Å². The van der Waals surface area contributed by atoms with Crippen molar-refractivity contribution in [3.63, 3.8) is 0 Å². The lowest BCUT2D eigenvalue weighted by atomic mass is 10.1. The van der Waals surface area contributed by atoms with E-state index in [2.05, 4.69) is 10.2 Å². The third kappa shape index (κ3) is 3.89. The first-order valence-corrected chi connectivity index (χ1v) is 7.97. The molecule has 3 rings (SSSR count). The van der Waals surface area contributed by atoms with Crippen molar-refractivity contribution < 1.29 is 9.18 Å². The van der Waals surface area contributed by atoms with Gasteiger partial charge in [0.05, 0.1) is 0 Å². The molecule has 0 radical (unpaired) electrons. The highest BCUT2D eigenvalue weighted by molar-refractivity contribution is 5.94. The molecule has 1 aliphatic rings. The first-order valence-electron chi connectivity index (χ1n) is 7.97. The van der Waals surface area contributed by atoms with Crippen LogP contribution in [0.25, 0.3) is 0 Å². The number of anilines is 1. The van der Waals surface area contributed by atoms with Gasteiger partial charge in [-0.05, 0) is 55.7 Å². The van der Waals surface area contributed by atoms with Gasteiger partial charge in [0.2, 0.25) is 0 Å². The van der Waals surface area contributed by atoms with Crippen molar-refractivity contribution in [2.45, 2.75) is 13.3 Å². The Hall–Kier alpha value is -2.36. The average Bonchev–Trinajstić information content (AvgIpc) is 3.03. The van der Waals surface area contributed by atoms with Gasteiger partial charge >= 0.3 is 0 Å². The van der Waals surface area contributed by atoms with Crippen LogP contribution in [0.1, 0.15) is 22.3 Å². The predicted octanol–water partition coefficient (Wildman–Crippen LogP) is 3.39. The SMILES string of the molecule is Cc1ccc(C(=O)NCC2CCN(c3ccc(F)cc3)C2)cc1. The van der Waals surface area contributed by atoms with Crippen molar-refractivity contribution in [1.29, 1.82) is 0 Å². The Morgan fingerprint density at radius 2 is 1.87 bits per heavy atom. The van der Waals surface area contributed by atoms with E-state index in [1.807, 2.05) is 43.3 Å². The standard InChI is InChI=1S/C19H21FN2O/c1-14-2-4-16(5-3-14)19(23)21-12-15-10-11-22(13-15)18-8-6-17(20)7-9-18/h2-9,15H,10-13H2,1H3,(H,21,23). The van der Waals surface area contributed by atoms with Crippen molar-refractivity contribution in [2.24, 2.45) is 5.92 Å². The molecule has 2 aromatic carbocycles. The van der Waals surface area contributed by atoms with Gasteiger partial charge in [0.15, 0.2) is 0 Å². The van der Waals surface area contributed by atoms with E-state index in [1.54, 1.807) is 0 Å². The van der Waals surface area contributed by atoms with Gasteiger partial charge in [-0.15, -0.1) is 0 Å². The Morgan fingerprint density at radius 1 is 1.17 bits per heavy atom. The summed E-state index contributed by atoms with van der Waals surface area (Å²) in [6.07, 6.45) is 1.03. The Morgan fingerprint density at radius 3 is 2.57 bits per heavy atom. The van der Waals surface area contributed by atoms with Gasteiger partial charge in [-0.3, -0.25) is 4.79 Å². The summed E-state index contributed by atoms with van der Waals surface area (Å²) in [7, 11) is 0. The van der Waals surface area contributed by atoms with Crippen LogP contribution in [0, 0.1) is 18.7 Å². The number of amides is 1. The number of nitrogens with one attached hydrogen (secondary N) is 1. The van der Waals surface area contributed by atoms with Crippen molar-refractivity contribution in [3.8, 4) is 0 Å². The molecule has 1 fully saturated rings. The third-order valence-corrected chi connectivity index (χ3v) is 4.34. The van der Waals surface area contributed by atoms with Gasteiger partial charge in [0, 0.05) is 30.9 Å². The number of aryl methyl sites for hydroxylation is 1. The van der Waals surface area contributed by atoms with Gasteiger partial charge in [-0.25, -0.2) is 4.39 Å². The quantitative estimate of drug-likeness (QED) is 0.938. The van der Waals surface area contributed by atoms with Crippen molar-refractivity contribution in [3.05, 3.63) is 65.5 Å². The maximum atomic E-state index is 13.0. The molecule has 1 aliphatic heterocycles. The summed E-state index contributed by atoms with van der Waals surface area (Å²) in [6.45, 7) is 4.51. The van der Waals surface area contributed by atoms with E-state index in [1.165, 1.54) is 12.1 Å². The van der Waals surface area contributed by atoms with E-state index in [0.29, 0.717) is 18.0 Å². The van der Waals surface area contributed by atoms with Crippen LogP contribution in [0.15, 0.2) is 48.5 Å². The molecule has 1 heterocycles. The number of benzene rings is 2. The molecule has 2 aromatic rings. The number of carbonyl (C=O) groups is 1. The van der Waals surface area contributed by atoms with Crippen molar-refractivity contribution in [2.75, 3.05) is 24.5 Å². The Kier molecular flexibility index (Phi) is 4.60. The minimum Gasteiger partial charge on any atom is -0.371 e. The number of halogens is 1. The topological polar surface area (TPSA) is 32.3 Å². The normalized spacial score (nSPS) is 17.3. The Labute approximate surface area is 136 Å². The lowest BCUT2D eigenvalue weighted by molar-refractivity contribution is 0.0948. The van der Waals surface area contributed by atoms with E-state index in [-0.39, 0.29) is 11.7 Å². The van der Waals surface area contributed by atoms with E-state index < -0.39 is 0 Å². The molecule has 1 unspecified atom stereocenters. The third-order valence-electron chi connectivity index (χ3n) is 4.34. The van der Waals surface area contributed by atoms with Gasteiger partial charge in [0.1, 0.15) is 5.82 Å². The van der Waals surface area contributed by atoms with Crippen LogP contribution in [0.2, 0.25) is 0 Å². The first kappa shape index (κ1) is 15.5. The molecular formula is C19H21FN2O. The summed E-state index contributed by atoms with van der Waals surface area (Å²) in [5.74, 6) is 0.189. The van der Waals surface area contributed by atoms with Crippen molar-refractivity contribution in [1.82, 2.24) is 5.32 Å². The molecule has 3 nitrogen and oxygen atoms in total. The van der Waals surface area contributed by atoms with E-state index in [9.17, 15) is 9.18 Å². The fourth-order valence-corrected chi connectivity index (χ4v) is 2.93. The number of hydrogen-bond donors (Lipinski definition) is 1. The second-order valence-corrected chi connectivity index (χ2v) is 6.15. The molecule has 4 heteroatoms. The minimum absolute atomic E-state index is 0.0229. The zero-order valence-corrected chi connectivity index (χ0v) is 13.3. The first-order chi connectivity index (χ1) is 11.1. The molecule has 23 heavy (non-hydrogen) atoms. The van der Waals surface area contributed by atoms with Crippen LogP contribution in [-0.4, -0.2) is 25.5 Å². The summed E-state index contributed by atoms with van der Waals surface area (Å²) >= 11 is 0. The second-order valence-electron chi connectivity index (χ2n) is 6.15. The monoisotopic (exact) mass is 312 g/mol. The van der Waals surface area contributed by atoms with Crippen LogP contribution >= 0.6 is 0 Å². The van der Waals surface area contributed by atoms with Crippen LogP contribution in [0.3, 0.4) is 0 Å². The average molecular weight is 312 g/mol. The molecule has 1 atom stereocenters. The van der Waals surface area contributed by atoms with Crippen LogP contribution < -0.4 is 10.2 Å². The predicted molar refractivity (Wildman–Crippen MR) is 90.2 cm³/mol. The number of nitrogens with zero attached hydrogens (tertiary/aromatic N) is 1. The molecule has 0 aromatic heterocycles. The molecule has 0 spiro atoms. The van der Waals surface area contributed by atoms with Crippen LogP contribution in [-0.2, 0) is 0 Å². The van der Waals surface area contributed by atoms with E-state index >= 15 is 0 Å². The van der Waals surface area contributed by atoms with E-state index in [4.69, 9.17) is 0 Å². The lowest BCUT2D eigenvalue weighted by Gasteiger charge is -2.18. The zero-order valence-electron chi connectivity index (χ0n) is 13.3. The van der Waals surface area contributed by atoms with Crippen molar-refractivity contribution >= 4 is 11.6 Å². The van der Waals surface area contributed by atoms with Gasteiger partial charge in [0.25, 0.3) is 5.91 Å². The van der Waals surface area contributed by atoms with E-state index in [0.717, 1.165) is 30.8 Å².